The van der Waals surface area contributed by atoms with E-state index in [1.54, 1.807) is 13.8 Å². The molecule has 0 bridgehead atoms. The highest BCUT2D eigenvalue weighted by Crippen LogP contribution is 2.37. The number of hydrogen-bond donors (Lipinski definition) is 0. The molecule has 0 aliphatic carbocycles. The summed E-state index contributed by atoms with van der Waals surface area (Å²) in [6.07, 6.45) is 12.8. The molecule has 0 nitrogen and oxygen atoms in total. The van der Waals surface area contributed by atoms with Crippen LogP contribution in [0.2, 0.25) is 0 Å². The first kappa shape index (κ1) is 17.4. The van der Waals surface area contributed by atoms with Gasteiger partial charge in [0.15, 0.2) is 10.8 Å². The fraction of sp³-hybridized carbons (Fsp3) is 0.400. The van der Waals surface area contributed by atoms with E-state index in [4.69, 9.17) is 12.8 Å². The van der Waals surface area contributed by atoms with Gasteiger partial charge in [-0.15, -0.1) is 36.5 Å². The lowest BCUT2D eigenvalue weighted by atomic mass is 9.65. The smallest absolute Gasteiger partial charge is 0.117 e. The summed E-state index contributed by atoms with van der Waals surface area (Å²) in [5.74, 6) is 28.8. The summed E-state index contributed by atoms with van der Waals surface area (Å²) in [6, 6.07) is 0. The lowest BCUT2D eigenvalue weighted by Crippen LogP contribution is -2.36. The Bertz CT molecular complexity index is 600. The van der Waals surface area contributed by atoms with Crippen molar-refractivity contribution in [2.75, 3.05) is 0 Å². The van der Waals surface area contributed by atoms with E-state index in [9.17, 15) is 0 Å². The van der Waals surface area contributed by atoms with Crippen molar-refractivity contribution in [2.45, 2.75) is 40.5 Å². The van der Waals surface area contributed by atoms with Gasteiger partial charge in [0.25, 0.3) is 0 Å². The predicted octanol–water partition coefficient (Wildman–Crippen LogP) is 3.10. The van der Waals surface area contributed by atoms with Gasteiger partial charge in [-0.05, 0) is 13.8 Å². The fourth-order valence-corrected chi connectivity index (χ4v) is 1.62. The minimum Gasteiger partial charge on any atom is -0.117 e. The van der Waals surface area contributed by atoms with Crippen LogP contribution in [0.5, 0.6) is 0 Å². The standard InChI is InChI=1S/C20H18/c1-7-13-17-19(11-5,15-9-3)20(12-6,16-10-4)18-14-8-2/h5-6H,7-8H2,1-4H3. The molecule has 0 aromatic carbocycles. The minimum atomic E-state index is -1.17. The largest absolute Gasteiger partial charge is 0.190 e. The van der Waals surface area contributed by atoms with E-state index in [2.05, 4.69) is 59.2 Å². The normalized spacial score (nSPS) is 13.5. The van der Waals surface area contributed by atoms with Gasteiger partial charge in [0.2, 0.25) is 0 Å². The van der Waals surface area contributed by atoms with Crippen LogP contribution in [-0.4, -0.2) is 0 Å². The third-order valence-corrected chi connectivity index (χ3v) is 2.53. The Morgan fingerprint density at radius 3 is 1.25 bits per heavy atom. The van der Waals surface area contributed by atoms with Crippen LogP contribution < -0.4 is 0 Å². The van der Waals surface area contributed by atoms with Crippen LogP contribution in [0.15, 0.2) is 0 Å². The minimum absolute atomic E-state index is 0.663. The van der Waals surface area contributed by atoms with Crippen LogP contribution in [0.4, 0.5) is 0 Å². The summed E-state index contributed by atoms with van der Waals surface area (Å²) in [6.45, 7) is 7.28. The third kappa shape index (κ3) is 3.44. The second-order valence-corrected chi connectivity index (χ2v) is 3.85. The maximum Gasteiger partial charge on any atom is 0.190 e. The van der Waals surface area contributed by atoms with Gasteiger partial charge < -0.3 is 0 Å². The van der Waals surface area contributed by atoms with Gasteiger partial charge in [-0.1, -0.05) is 49.4 Å². The van der Waals surface area contributed by atoms with Crippen LogP contribution in [0.25, 0.3) is 0 Å². The Kier molecular flexibility index (Phi) is 7.34. The van der Waals surface area contributed by atoms with Crippen molar-refractivity contribution in [2.24, 2.45) is 10.8 Å². The first-order chi connectivity index (χ1) is 9.61. The Morgan fingerprint density at radius 1 is 0.700 bits per heavy atom. The zero-order valence-corrected chi connectivity index (χ0v) is 12.6. The maximum atomic E-state index is 5.71. The molecular weight excluding hydrogens is 240 g/mol. The van der Waals surface area contributed by atoms with Crippen LogP contribution in [0.1, 0.15) is 40.5 Å². The first-order valence-corrected chi connectivity index (χ1v) is 6.45. The molecule has 0 aliphatic heterocycles. The molecular formula is C20H18. The van der Waals surface area contributed by atoms with E-state index in [1.807, 2.05) is 13.8 Å². The Labute approximate surface area is 124 Å². The second kappa shape index (κ2) is 8.46. The highest BCUT2D eigenvalue weighted by molar-refractivity contribution is 5.56. The molecule has 0 rings (SSSR count). The Morgan fingerprint density at radius 2 is 1.05 bits per heavy atom. The van der Waals surface area contributed by atoms with Crippen molar-refractivity contribution in [1.29, 1.82) is 0 Å². The van der Waals surface area contributed by atoms with Crippen molar-refractivity contribution >= 4 is 0 Å². The Hall–Kier alpha value is -2.64. The van der Waals surface area contributed by atoms with E-state index < -0.39 is 10.8 Å². The summed E-state index contributed by atoms with van der Waals surface area (Å²) < 4.78 is 0. The highest BCUT2D eigenvalue weighted by Gasteiger charge is 2.46. The number of hydrogen-bond acceptors (Lipinski definition) is 0. The van der Waals surface area contributed by atoms with Gasteiger partial charge >= 0.3 is 0 Å². The average Bonchev–Trinajstić information content (AvgIpc) is 2.48. The molecule has 0 aromatic heterocycles. The molecule has 2 unspecified atom stereocenters. The van der Waals surface area contributed by atoms with Crippen LogP contribution in [0, 0.1) is 82.9 Å². The lowest BCUT2D eigenvalue weighted by molar-refractivity contribution is 0.515. The van der Waals surface area contributed by atoms with Gasteiger partial charge in [-0.25, -0.2) is 0 Å². The van der Waals surface area contributed by atoms with Crippen LogP contribution in [-0.2, 0) is 0 Å². The average molecular weight is 258 g/mol. The van der Waals surface area contributed by atoms with Crippen molar-refractivity contribution < 1.29 is 0 Å². The molecule has 0 N–H and O–H groups in total. The molecule has 0 radical (unpaired) electrons. The summed E-state index contributed by atoms with van der Waals surface area (Å²) in [4.78, 5) is 0. The SMILES string of the molecule is C#CC(C#CC)(C#CCC)C(C#C)(C#CC)C#CCC. The molecule has 0 spiro atoms. The second-order valence-electron chi connectivity index (χ2n) is 3.85. The van der Waals surface area contributed by atoms with Crippen molar-refractivity contribution in [3.63, 3.8) is 0 Å². The third-order valence-electron chi connectivity index (χ3n) is 2.53. The molecule has 20 heavy (non-hydrogen) atoms. The topological polar surface area (TPSA) is 0 Å². The molecule has 98 valence electrons. The van der Waals surface area contributed by atoms with E-state index in [1.165, 1.54) is 0 Å². The van der Waals surface area contributed by atoms with E-state index in [-0.39, 0.29) is 0 Å². The van der Waals surface area contributed by atoms with Crippen molar-refractivity contribution in [3.05, 3.63) is 0 Å². The van der Waals surface area contributed by atoms with Crippen molar-refractivity contribution in [1.82, 2.24) is 0 Å². The van der Waals surface area contributed by atoms with Crippen LogP contribution in [0.3, 0.4) is 0 Å². The molecule has 0 saturated carbocycles. The van der Waals surface area contributed by atoms with Gasteiger partial charge in [0.1, 0.15) is 0 Å². The summed E-state index contributed by atoms with van der Waals surface area (Å²) >= 11 is 0. The molecule has 0 aromatic rings. The molecule has 0 fully saturated rings. The van der Waals surface area contributed by atoms with E-state index in [0.717, 1.165) is 0 Å². The monoisotopic (exact) mass is 258 g/mol. The highest BCUT2D eigenvalue weighted by atomic mass is 14.4. The van der Waals surface area contributed by atoms with Gasteiger partial charge in [0.05, 0.1) is 0 Å². The summed E-state index contributed by atoms with van der Waals surface area (Å²) in [7, 11) is 0. The fourth-order valence-electron chi connectivity index (χ4n) is 1.62. The molecule has 2 atom stereocenters. The molecule has 0 heterocycles. The Balaban J connectivity index is 6.57. The first-order valence-electron chi connectivity index (χ1n) is 6.45. The number of terminal acetylenes is 2. The van der Waals surface area contributed by atoms with Gasteiger partial charge in [-0.2, -0.15) is 0 Å². The van der Waals surface area contributed by atoms with Crippen LogP contribution >= 0.6 is 0 Å². The molecule has 0 amide bonds. The number of rotatable bonds is 1. The maximum absolute atomic E-state index is 5.71. The van der Waals surface area contributed by atoms with E-state index in [0.29, 0.717) is 12.8 Å². The zero-order chi connectivity index (χ0) is 15.5. The quantitative estimate of drug-likeness (QED) is 0.634. The molecule has 0 heteroatoms. The lowest BCUT2D eigenvalue weighted by Gasteiger charge is -2.28. The van der Waals surface area contributed by atoms with Crippen molar-refractivity contribution in [3.8, 4) is 72.1 Å². The summed E-state index contributed by atoms with van der Waals surface area (Å²) in [5.41, 5.74) is -2.34. The summed E-state index contributed by atoms with van der Waals surface area (Å²) in [5, 5.41) is 0. The predicted molar refractivity (Wildman–Crippen MR) is 85.6 cm³/mol. The molecule has 0 saturated heterocycles. The molecule has 0 aliphatic rings. The zero-order valence-electron chi connectivity index (χ0n) is 12.6. The van der Waals surface area contributed by atoms with Gasteiger partial charge in [-0.3, -0.25) is 0 Å². The van der Waals surface area contributed by atoms with Gasteiger partial charge in [0, 0.05) is 12.8 Å². The van der Waals surface area contributed by atoms with E-state index >= 15 is 0 Å².